The first kappa shape index (κ1) is 21.1. The highest BCUT2D eigenvalue weighted by Gasteiger charge is 2.58. The van der Waals surface area contributed by atoms with Gasteiger partial charge in [-0.3, -0.25) is 4.79 Å². The molecule has 0 amide bonds. The van der Waals surface area contributed by atoms with E-state index < -0.39 is 16.0 Å². The van der Waals surface area contributed by atoms with Crippen LogP contribution in [0.15, 0.2) is 47.4 Å². The highest BCUT2D eigenvalue weighted by Crippen LogP contribution is 2.61. The molecular formula is C22H31NO4S. The van der Waals surface area contributed by atoms with Crippen molar-refractivity contribution in [3.63, 3.8) is 0 Å². The average Bonchev–Trinajstić information content (AvgIpc) is 2.65. The van der Waals surface area contributed by atoms with Gasteiger partial charge in [0.1, 0.15) is 0 Å². The summed E-state index contributed by atoms with van der Waals surface area (Å²) in [4.78, 5) is 10.9. The molecule has 5 nitrogen and oxygen atoms in total. The van der Waals surface area contributed by atoms with Crippen molar-refractivity contribution in [2.45, 2.75) is 63.3 Å². The number of carboxylic acids is 1. The third-order valence-electron chi connectivity index (χ3n) is 6.79. The maximum absolute atomic E-state index is 12.9. The number of hydrogen-bond donors (Lipinski definition) is 2. The quantitative estimate of drug-likeness (QED) is 0.476. The van der Waals surface area contributed by atoms with Gasteiger partial charge in [0.25, 0.3) is 0 Å². The number of aliphatic carboxylic acids is 1. The lowest BCUT2D eigenvalue weighted by atomic mass is 9.45. The predicted octanol–water partition coefficient (Wildman–Crippen LogP) is 4.22. The van der Waals surface area contributed by atoms with E-state index >= 15 is 0 Å². The van der Waals surface area contributed by atoms with Gasteiger partial charge in [0.2, 0.25) is 10.0 Å². The van der Waals surface area contributed by atoms with Gasteiger partial charge in [0.15, 0.2) is 0 Å². The summed E-state index contributed by atoms with van der Waals surface area (Å²) in [7, 11) is -3.54. The van der Waals surface area contributed by atoms with E-state index in [0.29, 0.717) is 23.2 Å². The lowest BCUT2D eigenvalue weighted by Crippen LogP contribution is -2.63. The van der Waals surface area contributed by atoms with Crippen LogP contribution in [-0.2, 0) is 14.8 Å². The summed E-state index contributed by atoms with van der Waals surface area (Å²) >= 11 is 0. The normalized spacial score (nSPS) is 28.8. The number of unbranched alkanes of at least 4 members (excludes halogenated alkanes) is 1. The van der Waals surface area contributed by atoms with Gasteiger partial charge in [0, 0.05) is 12.5 Å². The van der Waals surface area contributed by atoms with Gasteiger partial charge in [0.05, 0.1) is 4.90 Å². The third-order valence-corrected chi connectivity index (χ3v) is 8.26. The number of hydrogen-bond acceptors (Lipinski definition) is 3. The standard InChI is InChI=1S/C22H31NO4S/c1-22(2)17-14-16(10-6-3-4-9-13-20(24)25)21(19(22)15-17)23-28(26,27)18-11-7-5-8-12-18/h3,5-8,11-12,16-17,19,21,23H,4,9-10,13-15H2,1-2H3,(H,24,25)/b6-3-. The van der Waals surface area contributed by atoms with E-state index in [4.69, 9.17) is 5.11 Å². The Balaban J connectivity index is 1.68. The SMILES string of the molecule is CC1(C)C2CC(C/C=C\CCCC(=O)O)C(NS(=O)(=O)c3ccccc3)C1C2. The van der Waals surface area contributed by atoms with Gasteiger partial charge in [-0.2, -0.15) is 0 Å². The fourth-order valence-electron chi connectivity index (χ4n) is 4.93. The van der Waals surface area contributed by atoms with E-state index in [2.05, 4.69) is 24.6 Å². The highest BCUT2D eigenvalue weighted by molar-refractivity contribution is 7.89. The number of allylic oxidation sites excluding steroid dienone is 2. The van der Waals surface area contributed by atoms with Crippen LogP contribution in [0, 0.1) is 23.2 Å². The van der Waals surface area contributed by atoms with E-state index in [0.717, 1.165) is 25.7 Å². The Hall–Kier alpha value is -1.66. The summed E-state index contributed by atoms with van der Waals surface area (Å²) in [6.45, 7) is 4.52. The number of carboxylic acid groups (broad SMARTS) is 1. The topological polar surface area (TPSA) is 83.5 Å². The van der Waals surface area contributed by atoms with Crippen molar-refractivity contribution in [3.8, 4) is 0 Å². The van der Waals surface area contributed by atoms with Crippen LogP contribution in [0.2, 0.25) is 0 Å². The highest BCUT2D eigenvalue weighted by atomic mass is 32.2. The van der Waals surface area contributed by atoms with Crippen LogP contribution < -0.4 is 4.72 Å². The summed E-state index contributed by atoms with van der Waals surface area (Å²) in [5.74, 6) is 0.528. The molecule has 0 aliphatic heterocycles. The van der Waals surface area contributed by atoms with Gasteiger partial charge >= 0.3 is 5.97 Å². The molecule has 0 spiro atoms. The van der Waals surface area contributed by atoms with E-state index in [1.807, 2.05) is 12.1 Å². The predicted molar refractivity (Wildman–Crippen MR) is 109 cm³/mol. The Labute approximate surface area is 168 Å². The van der Waals surface area contributed by atoms with Crippen molar-refractivity contribution in [3.05, 3.63) is 42.5 Å². The van der Waals surface area contributed by atoms with Crippen molar-refractivity contribution in [2.24, 2.45) is 23.2 Å². The molecule has 154 valence electrons. The van der Waals surface area contributed by atoms with Crippen molar-refractivity contribution in [2.75, 3.05) is 0 Å². The zero-order chi connectivity index (χ0) is 20.4. The van der Waals surface area contributed by atoms with Crippen LogP contribution in [-0.4, -0.2) is 25.5 Å². The molecule has 28 heavy (non-hydrogen) atoms. The van der Waals surface area contributed by atoms with Gasteiger partial charge in [-0.25, -0.2) is 13.1 Å². The van der Waals surface area contributed by atoms with Crippen LogP contribution >= 0.6 is 0 Å². The Bertz CT molecular complexity index is 816. The minimum absolute atomic E-state index is 0.0612. The molecular weight excluding hydrogens is 374 g/mol. The molecule has 3 fully saturated rings. The number of carbonyl (C=O) groups is 1. The number of sulfonamides is 1. The van der Waals surface area contributed by atoms with Crippen molar-refractivity contribution < 1.29 is 18.3 Å². The zero-order valence-corrected chi connectivity index (χ0v) is 17.5. The molecule has 2 N–H and O–H groups in total. The van der Waals surface area contributed by atoms with Gasteiger partial charge in [-0.05, 0) is 67.4 Å². The molecule has 3 aliphatic rings. The molecule has 4 unspecified atom stereocenters. The summed E-state index contributed by atoms with van der Waals surface area (Å²) < 4.78 is 28.9. The lowest BCUT2D eigenvalue weighted by molar-refractivity contribution is -0.137. The van der Waals surface area contributed by atoms with Crippen LogP contribution in [0.5, 0.6) is 0 Å². The Morgan fingerprint density at radius 2 is 1.93 bits per heavy atom. The molecule has 0 heterocycles. The lowest BCUT2D eigenvalue weighted by Gasteiger charge is -2.62. The number of nitrogens with one attached hydrogen (secondary N) is 1. The van der Waals surface area contributed by atoms with E-state index in [-0.39, 0.29) is 23.8 Å². The van der Waals surface area contributed by atoms with Crippen molar-refractivity contribution >= 4 is 16.0 Å². The summed E-state index contributed by atoms with van der Waals surface area (Å²) in [5.41, 5.74) is 0.172. The van der Waals surface area contributed by atoms with Gasteiger partial charge in [-0.15, -0.1) is 0 Å². The van der Waals surface area contributed by atoms with Gasteiger partial charge in [-0.1, -0.05) is 44.2 Å². The molecule has 0 aromatic heterocycles. The van der Waals surface area contributed by atoms with Crippen molar-refractivity contribution in [1.29, 1.82) is 0 Å². The summed E-state index contributed by atoms with van der Waals surface area (Å²) in [5, 5.41) is 8.70. The van der Waals surface area contributed by atoms with Crippen molar-refractivity contribution in [1.82, 2.24) is 4.72 Å². The Kier molecular flexibility index (Phi) is 6.30. The minimum atomic E-state index is -3.54. The monoisotopic (exact) mass is 405 g/mol. The fraction of sp³-hybridized carbons (Fsp3) is 0.591. The molecule has 2 bridgehead atoms. The smallest absolute Gasteiger partial charge is 0.303 e. The fourth-order valence-corrected chi connectivity index (χ4v) is 6.30. The molecule has 0 radical (unpaired) electrons. The van der Waals surface area contributed by atoms with E-state index in [9.17, 15) is 13.2 Å². The maximum atomic E-state index is 12.9. The Morgan fingerprint density at radius 3 is 2.57 bits per heavy atom. The molecule has 6 heteroatoms. The largest absolute Gasteiger partial charge is 0.481 e. The molecule has 3 aliphatic carbocycles. The second-order valence-electron chi connectivity index (χ2n) is 8.81. The molecule has 1 aromatic rings. The molecule has 0 saturated heterocycles. The zero-order valence-electron chi connectivity index (χ0n) is 16.7. The van der Waals surface area contributed by atoms with Crippen LogP contribution in [0.3, 0.4) is 0 Å². The van der Waals surface area contributed by atoms with Crippen LogP contribution in [0.1, 0.15) is 52.4 Å². The first-order valence-corrected chi connectivity index (χ1v) is 11.6. The summed E-state index contributed by atoms with van der Waals surface area (Å²) in [6, 6.07) is 8.52. The number of benzene rings is 1. The Morgan fingerprint density at radius 1 is 1.21 bits per heavy atom. The number of rotatable bonds is 9. The summed E-state index contributed by atoms with van der Waals surface area (Å²) in [6.07, 6.45) is 8.67. The maximum Gasteiger partial charge on any atom is 0.303 e. The molecule has 4 atom stereocenters. The number of fused-ring (bicyclic) bond motifs is 2. The second-order valence-corrected chi connectivity index (χ2v) is 10.5. The molecule has 3 saturated carbocycles. The molecule has 4 rings (SSSR count). The van der Waals surface area contributed by atoms with Crippen LogP contribution in [0.25, 0.3) is 0 Å². The van der Waals surface area contributed by atoms with Gasteiger partial charge < -0.3 is 5.11 Å². The minimum Gasteiger partial charge on any atom is -0.481 e. The van der Waals surface area contributed by atoms with Crippen LogP contribution in [0.4, 0.5) is 0 Å². The average molecular weight is 406 g/mol. The van der Waals surface area contributed by atoms with E-state index in [1.54, 1.807) is 24.3 Å². The first-order chi connectivity index (χ1) is 13.2. The third kappa shape index (κ3) is 4.49. The first-order valence-electron chi connectivity index (χ1n) is 10.2. The van der Waals surface area contributed by atoms with E-state index in [1.165, 1.54) is 0 Å². The molecule has 1 aromatic carbocycles. The second kappa shape index (κ2) is 8.37.